The average molecular weight is 382 g/mol. The maximum absolute atomic E-state index is 14.2. The van der Waals surface area contributed by atoms with Crippen molar-refractivity contribution in [2.75, 3.05) is 0 Å². The zero-order valence-electron chi connectivity index (χ0n) is 13.6. The van der Waals surface area contributed by atoms with Crippen LogP contribution in [0.2, 0.25) is 0 Å². The molecular formula is C18H14F4N2O3. The minimum absolute atomic E-state index is 0.135. The van der Waals surface area contributed by atoms with E-state index < -0.39 is 41.5 Å². The fourth-order valence-corrected chi connectivity index (χ4v) is 3.20. The van der Waals surface area contributed by atoms with Gasteiger partial charge in [-0.05, 0) is 6.07 Å². The summed E-state index contributed by atoms with van der Waals surface area (Å²) in [5.41, 5.74) is -3.17. The number of amides is 2. The summed E-state index contributed by atoms with van der Waals surface area (Å²) >= 11 is 0. The van der Waals surface area contributed by atoms with Crippen molar-refractivity contribution in [3.8, 4) is 0 Å². The quantitative estimate of drug-likeness (QED) is 0.715. The third kappa shape index (κ3) is 3.37. The van der Waals surface area contributed by atoms with Gasteiger partial charge < -0.3 is 15.7 Å². The number of hydrogen-bond acceptors (Lipinski definition) is 3. The molecule has 27 heavy (non-hydrogen) atoms. The third-order valence-electron chi connectivity index (χ3n) is 4.39. The lowest BCUT2D eigenvalue weighted by Gasteiger charge is -2.45. The number of alkyl halides is 3. The van der Waals surface area contributed by atoms with E-state index in [4.69, 9.17) is 0 Å². The highest BCUT2D eigenvalue weighted by Gasteiger charge is 2.59. The van der Waals surface area contributed by atoms with Gasteiger partial charge in [-0.3, -0.25) is 4.79 Å². The number of ketones is 1. The third-order valence-corrected chi connectivity index (χ3v) is 4.39. The van der Waals surface area contributed by atoms with Crippen molar-refractivity contribution in [3.05, 3.63) is 71.5 Å². The van der Waals surface area contributed by atoms with Crippen molar-refractivity contribution in [1.29, 1.82) is 0 Å². The highest BCUT2D eigenvalue weighted by molar-refractivity contribution is 5.91. The van der Waals surface area contributed by atoms with E-state index in [0.29, 0.717) is 0 Å². The number of carbonyl (C=O) groups is 2. The molecule has 0 saturated carbocycles. The number of aliphatic hydroxyl groups is 1. The lowest BCUT2D eigenvalue weighted by atomic mass is 9.76. The summed E-state index contributed by atoms with van der Waals surface area (Å²) in [5, 5.41) is 15.1. The standard InChI is InChI=1S/C18H14F4N2O3/c19-12-9-5-4-8-11(12)14-13(15(25)18(20,21)22)17(27,24-16(26)23-14)10-6-2-1-3-7-10/h1-9,13-14,27H,(H2,23,24,26)/t13-,14+,17-/m1/s1. The van der Waals surface area contributed by atoms with Crippen LogP contribution >= 0.6 is 0 Å². The van der Waals surface area contributed by atoms with Crippen molar-refractivity contribution in [2.24, 2.45) is 5.92 Å². The number of nitrogens with one attached hydrogen (secondary N) is 2. The van der Waals surface area contributed by atoms with Gasteiger partial charge in [-0.2, -0.15) is 13.2 Å². The van der Waals surface area contributed by atoms with Crippen LogP contribution in [0, 0.1) is 11.7 Å². The Bertz CT molecular complexity index is 872. The Morgan fingerprint density at radius 3 is 2.22 bits per heavy atom. The van der Waals surface area contributed by atoms with Gasteiger partial charge in [0, 0.05) is 11.1 Å². The fraction of sp³-hybridized carbons (Fsp3) is 0.222. The van der Waals surface area contributed by atoms with Gasteiger partial charge in [-0.1, -0.05) is 48.5 Å². The number of rotatable bonds is 3. The SMILES string of the molecule is O=C1N[C@@H](c2ccccc2F)[C@H](C(=O)C(F)(F)F)[C@](O)(c2ccccc2)N1. The van der Waals surface area contributed by atoms with E-state index in [0.717, 1.165) is 12.1 Å². The highest BCUT2D eigenvalue weighted by atomic mass is 19.4. The van der Waals surface area contributed by atoms with Gasteiger partial charge in [0.1, 0.15) is 11.7 Å². The Hall–Kier alpha value is -2.94. The first-order chi connectivity index (χ1) is 12.6. The molecule has 5 nitrogen and oxygen atoms in total. The Labute approximate surface area is 151 Å². The molecule has 1 aliphatic heterocycles. The van der Waals surface area contributed by atoms with Crippen molar-refractivity contribution in [1.82, 2.24) is 10.6 Å². The average Bonchev–Trinajstić information content (AvgIpc) is 2.61. The second-order valence-corrected chi connectivity index (χ2v) is 6.07. The van der Waals surface area contributed by atoms with Crippen LogP contribution < -0.4 is 10.6 Å². The summed E-state index contributed by atoms with van der Waals surface area (Å²) in [4.78, 5) is 24.3. The second-order valence-electron chi connectivity index (χ2n) is 6.07. The number of carbonyl (C=O) groups excluding carboxylic acids is 2. The van der Waals surface area contributed by atoms with E-state index in [9.17, 15) is 32.3 Å². The number of halogens is 4. The largest absolute Gasteiger partial charge is 0.450 e. The molecule has 0 spiro atoms. The monoisotopic (exact) mass is 382 g/mol. The lowest BCUT2D eigenvalue weighted by Crippen LogP contribution is -2.66. The zero-order chi connectivity index (χ0) is 19.8. The molecule has 1 heterocycles. The molecule has 3 atom stereocenters. The molecule has 1 saturated heterocycles. The molecule has 0 radical (unpaired) electrons. The van der Waals surface area contributed by atoms with Crippen LogP contribution in [0.3, 0.4) is 0 Å². The van der Waals surface area contributed by atoms with Crippen molar-refractivity contribution in [3.63, 3.8) is 0 Å². The molecule has 2 aromatic carbocycles. The second kappa shape index (κ2) is 6.66. The summed E-state index contributed by atoms with van der Waals surface area (Å²) in [6.45, 7) is 0. The smallest absolute Gasteiger partial charge is 0.366 e. The van der Waals surface area contributed by atoms with Crippen molar-refractivity contribution >= 4 is 11.8 Å². The minimum Gasteiger partial charge on any atom is -0.366 e. The van der Waals surface area contributed by atoms with Gasteiger partial charge in [-0.15, -0.1) is 0 Å². The van der Waals surface area contributed by atoms with Crippen molar-refractivity contribution < 1.29 is 32.3 Å². The highest BCUT2D eigenvalue weighted by Crippen LogP contribution is 2.43. The number of Topliss-reactive ketones (excluding diaryl/α,β-unsaturated/α-hetero) is 1. The van der Waals surface area contributed by atoms with Crippen LogP contribution in [0.4, 0.5) is 22.4 Å². The van der Waals surface area contributed by atoms with Gasteiger partial charge in [0.2, 0.25) is 5.78 Å². The molecule has 142 valence electrons. The van der Waals surface area contributed by atoms with Gasteiger partial charge in [0.25, 0.3) is 0 Å². The van der Waals surface area contributed by atoms with E-state index in [1.807, 2.05) is 5.32 Å². The van der Waals surface area contributed by atoms with Crippen LogP contribution in [-0.2, 0) is 10.5 Å². The molecule has 0 aromatic heterocycles. The Morgan fingerprint density at radius 2 is 1.63 bits per heavy atom. The number of urea groups is 1. The molecule has 9 heteroatoms. The number of hydrogen-bond donors (Lipinski definition) is 3. The van der Waals surface area contributed by atoms with Gasteiger partial charge in [-0.25, -0.2) is 9.18 Å². The van der Waals surface area contributed by atoms with E-state index >= 15 is 0 Å². The molecule has 1 fully saturated rings. The molecule has 0 bridgehead atoms. The minimum atomic E-state index is -5.32. The molecule has 3 rings (SSSR count). The van der Waals surface area contributed by atoms with Crippen molar-refractivity contribution in [2.45, 2.75) is 17.9 Å². The lowest BCUT2D eigenvalue weighted by molar-refractivity contribution is -0.190. The van der Waals surface area contributed by atoms with Gasteiger partial charge in [0.05, 0.1) is 6.04 Å². The maximum atomic E-state index is 14.2. The number of benzene rings is 2. The normalized spacial score (nSPS) is 25.4. The summed E-state index contributed by atoms with van der Waals surface area (Å²) in [5.74, 6) is -5.47. The topological polar surface area (TPSA) is 78.4 Å². The van der Waals surface area contributed by atoms with E-state index in [2.05, 4.69) is 5.32 Å². The van der Waals surface area contributed by atoms with Crippen LogP contribution in [0.1, 0.15) is 17.2 Å². The first kappa shape index (κ1) is 18.8. The first-order valence-electron chi connectivity index (χ1n) is 7.86. The summed E-state index contributed by atoms with van der Waals surface area (Å²) in [7, 11) is 0. The molecule has 2 aromatic rings. The summed E-state index contributed by atoms with van der Waals surface area (Å²) < 4.78 is 54.1. The van der Waals surface area contributed by atoms with Gasteiger partial charge in [0.15, 0.2) is 5.72 Å². The van der Waals surface area contributed by atoms with Crippen LogP contribution in [0.5, 0.6) is 0 Å². The predicted molar refractivity (Wildman–Crippen MR) is 85.7 cm³/mol. The molecule has 3 N–H and O–H groups in total. The summed E-state index contributed by atoms with van der Waals surface area (Å²) in [6, 6.07) is 8.94. The van der Waals surface area contributed by atoms with Crippen LogP contribution in [-0.4, -0.2) is 23.1 Å². The van der Waals surface area contributed by atoms with E-state index in [-0.39, 0.29) is 11.1 Å². The maximum Gasteiger partial charge on any atom is 0.450 e. The van der Waals surface area contributed by atoms with E-state index in [1.165, 1.54) is 36.4 Å². The van der Waals surface area contributed by atoms with Crippen LogP contribution in [0.25, 0.3) is 0 Å². The molecule has 0 aliphatic carbocycles. The molecule has 1 aliphatic rings. The predicted octanol–water partition coefficient (Wildman–Crippen LogP) is 2.77. The Kier molecular flexibility index (Phi) is 4.64. The van der Waals surface area contributed by atoms with E-state index in [1.54, 1.807) is 6.07 Å². The molecule has 2 amide bonds. The van der Waals surface area contributed by atoms with Crippen LogP contribution in [0.15, 0.2) is 54.6 Å². The Morgan fingerprint density at radius 1 is 1.04 bits per heavy atom. The Balaban J connectivity index is 2.21. The fourth-order valence-electron chi connectivity index (χ4n) is 3.20. The van der Waals surface area contributed by atoms with Gasteiger partial charge >= 0.3 is 12.2 Å². The molecular weight excluding hydrogens is 368 g/mol. The zero-order valence-corrected chi connectivity index (χ0v) is 13.6. The molecule has 0 unspecified atom stereocenters. The first-order valence-corrected chi connectivity index (χ1v) is 7.86. The summed E-state index contributed by atoms with van der Waals surface area (Å²) in [6.07, 6.45) is -5.32.